The maximum atomic E-state index is 12.1. The van der Waals surface area contributed by atoms with Gasteiger partial charge in [-0.1, -0.05) is 12.8 Å². The van der Waals surface area contributed by atoms with Gasteiger partial charge in [0.15, 0.2) is 5.82 Å². The lowest BCUT2D eigenvalue weighted by Crippen LogP contribution is -2.40. The Bertz CT molecular complexity index is 433. The smallest absolute Gasteiger partial charge is 0.242 e. The Morgan fingerprint density at radius 1 is 1.39 bits per heavy atom. The van der Waals surface area contributed by atoms with Gasteiger partial charge in [-0.3, -0.25) is 4.79 Å². The van der Waals surface area contributed by atoms with E-state index in [0.29, 0.717) is 15.0 Å². The second-order valence-electron chi connectivity index (χ2n) is 4.18. The second-order valence-corrected chi connectivity index (χ2v) is 5.74. The number of rotatable bonds is 2. The molecule has 5 nitrogen and oxygen atoms in total. The van der Waals surface area contributed by atoms with Crippen molar-refractivity contribution < 1.29 is 4.79 Å². The third-order valence-electron chi connectivity index (χ3n) is 2.82. The maximum Gasteiger partial charge on any atom is 0.242 e. The zero-order valence-corrected chi connectivity index (χ0v) is 12.9. The van der Waals surface area contributed by atoms with Crippen LogP contribution in [0.25, 0.3) is 0 Å². The summed E-state index contributed by atoms with van der Waals surface area (Å²) >= 11 is 6.50. The number of halogens is 2. The van der Waals surface area contributed by atoms with E-state index < -0.39 is 0 Å². The van der Waals surface area contributed by atoms with Gasteiger partial charge in [-0.2, -0.15) is 0 Å². The molecule has 1 unspecified atom stereocenters. The van der Waals surface area contributed by atoms with Gasteiger partial charge in [-0.05, 0) is 51.2 Å². The molecule has 2 heterocycles. The molecule has 2 rings (SSSR count). The molecular weight excluding hydrogens is 364 g/mol. The Balaban J connectivity index is 2.01. The quantitative estimate of drug-likeness (QED) is 0.830. The number of nitrogens with zero attached hydrogens (tertiary/aromatic N) is 2. The van der Waals surface area contributed by atoms with Crippen molar-refractivity contribution in [1.29, 1.82) is 0 Å². The van der Waals surface area contributed by atoms with Gasteiger partial charge in [0.25, 0.3) is 0 Å². The van der Waals surface area contributed by atoms with Crippen molar-refractivity contribution in [2.45, 2.75) is 31.7 Å². The summed E-state index contributed by atoms with van der Waals surface area (Å²) in [6.45, 7) is 0.894. The van der Waals surface area contributed by atoms with Crippen LogP contribution in [-0.4, -0.2) is 28.5 Å². The number of amides is 1. The molecule has 98 valence electrons. The van der Waals surface area contributed by atoms with E-state index in [-0.39, 0.29) is 11.9 Å². The molecule has 1 fully saturated rings. The minimum Gasteiger partial charge on any atom is -0.307 e. The molecular formula is C11H14Br2N4O. The Labute approximate surface area is 122 Å². The topological polar surface area (TPSA) is 66.9 Å². The lowest BCUT2D eigenvalue weighted by Gasteiger charge is -2.15. The highest BCUT2D eigenvalue weighted by molar-refractivity contribution is 9.11. The van der Waals surface area contributed by atoms with Gasteiger partial charge in [-0.15, -0.1) is 0 Å². The van der Waals surface area contributed by atoms with Gasteiger partial charge in [0, 0.05) is 0 Å². The molecule has 1 atom stereocenters. The van der Waals surface area contributed by atoms with Gasteiger partial charge >= 0.3 is 0 Å². The predicted molar refractivity (Wildman–Crippen MR) is 76.3 cm³/mol. The number of anilines is 1. The van der Waals surface area contributed by atoms with Crippen molar-refractivity contribution in [1.82, 2.24) is 15.3 Å². The summed E-state index contributed by atoms with van der Waals surface area (Å²) in [4.78, 5) is 20.3. The van der Waals surface area contributed by atoms with Crippen LogP contribution in [-0.2, 0) is 4.79 Å². The summed E-state index contributed by atoms with van der Waals surface area (Å²) in [5, 5.41) is 6.04. The zero-order valence-electron chi connectivity index (χ0n) is 9.75. The molecule has 0 aliphatic carbocycles. The van der Waals surface area contributed by atoms with Crippen LogP contribution in [0.2, 0.25) is 0 Å². The van der Waals surface area contributed by atoms with Gasteiger partial charge in [0.05, 0.1) is 12.2 Å². The van der Waals surface area contributed by atoms with E-state index in [1.807, 2.05) is 0 Å². The Morgan fingerprint density at radius 2 is 2.22 bits per heavy atom. The van der Waals surface area contributed by atoms with E-state index in [1.54, 1.807) is 6.20 Å². The first-order valence-corrected chi connectivity index (χ1v) is 7.47. The fourth-order valence-electron chi connectivity index (χ4n) is 1.89. The van der Waals surface area contributed by atoms with Crippen LogP contribution in [0.15, 0.2) is 15.4 Å². The molecule has 1 aromatic heterocycles. The predicted octanol–water partition coefficient (Wildman–Crippen LogP) is 2.47. The monoisotopic (exact) mass is 376 g/mol. The standard InChI is InChI=1S/C11H14Br2N4O/c12-8-6-15-10(9(13)16-8)17-11(18)7-4-2-1-3-5-14-7/h6-7,14H,1-5H2,(H,15,17,18). The largest absolute Gasteiger partial charge is 0.307 e. The normalized spacial score (nSPS) is 20.2. The average Bonchev–Trinajstić information content (AvgIpc) is 2.61. The Hall–Kier alpha value is -0.530. The van der Waals surface area contributed by atoms with E-state index in [9.17, 15) is 4.79 Å². The fraction of sp³-hybridized carbons (Fsp3) is 0.545. The minimum atomic E-state index is -0.134. The second kappa shape index (κ2) is 6.58. The highest BCUT2D eigenvalue weighted by atomic mass is 79.9. The Morgan fingerprint density at radius 3 is 3.00 bits per heavy atom. The van der Waals surface area contributed by atoms with Gasteiger partial charge in [0.1, 0.15) is 9.21 Å². The number of nitrogens with one attached hydrogen (secondary N) is 2. The fourth-order valence-corrected chi connectivity index (χ4v) is 2.80. The number of hydrogen-bond donors (Lipinski definition) is 2. The van der Waals surface area contributed by atoms with Crippen molar-refractivity contribution in [3.63, 3.8) is 0 Å². The van der Waals surface area contributed by atoms with Crippen LogP contribution in [0.1, 0.15) is 25.7 Å². The molecule has 2 N–H and O–H groups in total. The molecule has 0 radical (unpaired) electrons. The third kappa shape index (κ3) is 3.73. The summed E-state index contributed by atoms with van der Waals surface area (Å²) in [5.74, 6) is 0.406. The van der Waals surface area contributed by atoms with Gasteiger partial charge in [0.2, 0.25) is 5.91 Å². The van der Waals surface area contributed by atoms with Crippen LogP contribution in [0, 0.1) is 0 Å². The molecule has 0 bridgehead atoms. The molecule has 1 saturated heterocycles. The highest BCUT2D eigenvalue weighted by Crippen LogP contribution is 2.20. The molecule has 1 aliphatic heterocycles. The first kappa shape index (κ1) is 13.9. The lowest BCUT2D eigenvalue weighted by molar-refractivity contribution is -0.118. The van der Waals surface area contributed by atoms with Crippen molar-refractivity contribution >= 4 is 43.6 Å². The molecule has 1 aliphatic rings. The molecule has 0 spiro atoms. The van der Waals surface area contributed by atoms with Crippen LogP contribution in [0.3, 0.4) is 0 Å². The molecule has 0 saturated carbocycles. The first-order chi connectivity index (χ1) is 8.66. The number of aromatic nitrogens is 2. The average molecular weight is 378 g/mol. The molecule has 1 amide bonds. The molecule has 0 aromatic carbocycles. The molecule has 7 heteroatoms. The summed E-state index contributed by atoms with van der Waals surface area (Å²) in [7, 11) is 0. The van der Waals surface area contributed by atoms with Crippen LogP contribution >= 0.6 is 31.9 Å². The van der Waals surface area contributed by atoms with Gasteiger partial charge < -0.3 is 10.6 Å². The van der Waals surface area contributed by atoms with E-state index in [0.717, 1.165) is 25.8 Å². The van der Waals surface area contributed by atoms with Crippen molar-refractivity contribution in [2.24, 2.45) is 0 Å². The van der Waals surface area contributed by atoms with E-state index in [1.165, 1.54) is 6.42 Å². The first-order valence-electron chi connectivity index (χ1n) is 5.89. The number of carbonyl (C=O) groups excluding carboxylic acids is 1. The van der Waals surface area contributed by atoms with Gasteiger partial charge in [-0.25, -0.2) is 9.97 Å². The summed E-state index contributed by atoms with van der Waals surface area (Å²) in [6.07, 6.45) is 5.82. The van der Waals surface area contributed by atoms with Crippen molar-refractivity contribution in [3.8, 4) is 0 Å². The molecule has 1 aromatic rings. The van der Waals surface area contributed by atoms with E-state index in [2.05, 4.69) is 52.5 Å². The summed E-state index contributed by atoms with van der Waals surface area (Å²) in [5.41, 5.74) is 0. The van der Waals surface area contributed by atoms with E-state index >= 15 is 0 Å². The summed E-state index contributed by atoms with van der Waals surface area (Å²) < 4.78 is 1.15. The van der Waals surface area contributed by atoms with Crippen LogP contribution in [0.5, 0.6) is 0 Å². The number of carbonyl (C=O) groups is 1. The molecule has 18 heavy (non-hydrogen) atoms. The zero-order chi connectivity index (χ0) is 13.0. The third-order valence-corrected chi connectivity index (χ3v) is 3.75. The van der Waals surface area contributed by atoms with Crippen molar-refractivity contribution in [3.05, 3.63) is 15.4 Å². The van der Waals surface area contributed by atoms with Crippen LogP contribution in [0.4, 0.5) is 5.82 Å². The highest BCUT2D eigenvalue weighted by Gasteiger charge is 2.20. The van der Waals surface area contributed by atoms with Crippen molar-refractivity contribution in [2.75, 3.05) is 11.9 Å². The Kier molecular flexibility index (Phi) is 5.08. The van der Waals surface area contributed by atoms with Crippen LogP contribution < -0.4 is 10.6 Å². The maximum absolute atomic E-state index is 12.1. The lowest BCUT2D eigenvalue weighted by atomic mass is 10.1. The number of hydrogen-bond acceptors (Lipinski definition) is 4. The van der Waals surface area contributed by atoms with E-state index in [4.69, 9.17) is 0 Å². The summed E-state index contributed by atoms with van der Waals surface area (Å²) in [6, 6.07) is -0.134. The SMILES string of the molecule is O=C(Nc1ncc(Br)nc1Br)C1CCCCCN1. The minimum absolute atomic E-state index is 0.0470.